The lowest BCUT2D eigenvalue weighted by atomic mass is 10.0. The average molecular weight is 541 g/mol. The molecule has 9 heteroatoms. The average Bonchev–Trinajstić information content (AvgIpc) is 3.44. The van der Waals surface area contributed by atoms with Crippen molar-refractivity contribution in [3.05, 3.63) is 71.4 Å². The van der Waals surface area contributed by atoms with Crippen molar-refractivity contribution in [2.45, 2.75) is 51.6 Å². The summed E-state index contributed by atoms with van der Waals surface area (Å²) in [4.78, 5) is 15.6. The predicted molar refractivity (Wildman–Crippen MR) is 152 cm³/mol. The van der Waals surface area contributed by atoms with Gasteiger partial charge in [0.1, 0.15) is 0 Å². The standard InChI is InChI=1S/C29H40N4O4S/c1-21(2)33(19-25-16-30-17-27(25)31-38(35,36)20-23-9-6-5-7-10-23)29(34)24-11-12-26-22(3)18-32(28(26)15-24)13-8-14-37-4/h5-7,9-12,15,18,21,25,27,30-31H,8,13-14,16-17,19-20H2,1-4H3. The summed E-state index contributed by atoms with van der Waals surface area (Å²) < 4.78 is 36.1. The van der Waals surface area contributed by atoms with Gasteiger partial charge in [-0.1, -0.05) is 36.4 Å². The molecule has 1 amide bonds. The largest absolute Gasteiger partial charge is 0.385 e. The molecule has 1 aromatic heterocycles. The fourth-order valence-corrected chi connectivity index (χ4v) is 6.70. The van der Waals surface area contributed by atoms with Gasteiger partial charge in [0.25, 0.3) is 5.91 Å². The maximum Gasteiger partial charge on any atom is 0.254 e. The van der Waals surface area contributed by atoms with Gasteiger partial charge >= 0.3 is 0 Å². The lowest BCUT2D eigenvalue weighted by Crippen LogP contribution is -2.47. The number of rotatable bonds is 12. The minimum absolute atomic E-state index is 0.0317. The van der Waals surface area contributed by atoms with Crippen molar-refractivity contribution in [2.24, 2.45) is 5.92 Å². The molecule has 0 spiro atoms. The van der Waals surface area contributed by atoms with E-state index in [9.17, 15) is 13.2 Å². The highest BCUT2D eigenvalue weighted by Crippen LogP contribution is 2.25. The highest BCUT2D eigenvalue weighted by atomic mass is 32.2. The van der Waals surface area contributed by atoms with Gasteiger partial charge in [0.05, 0.1) is 5.75 Å². The van der Waals surface area contributed by atoms with Crippen LogP contribution in [0, 0.1) is 12.8 Å². The second kappa shape index (κ2) is 12.4. The summed E-state index contributed by atoms with van der Waals surface area (Å²) in [5.74, 6) is -0.134. The van der Waals surface area contributed by atoms with E-state index in [4.69, 9.17) is 4.74 Å². The van der Waals surface area contributed by atoms with E-state index in [1.165, 1.54) is 5.56 Å². The van der Waals surface area contributed by atoms with E-state index >= 15 is 0 Å². The van der Waals surface area contributed by atoms with Crippen LogP contribution in [0.5, 0.6) is 0 Å². The quantitative estimate of drug-likeness (QED) is 0.343. The first-order valence-corrected chi connectivity index (χ1v) is 15.0. The van der Waals surface area contributed by atoms with E-state index < -0.39 is 10.0 Å². The Hall–Kier alpha value is -2.72. The Morgan fingerprint density at radius 1 is 1.18 bits per heavy atom. The number of carbonyl (C=O) groups excluding carboxylic acids is 1. The number of benzene rings is 2. The molecule has 2 unspecified atom stereocenters. The topological polar surface area (TPSA) is 92.7 Å². The Kier molecular flexibility index (Phi) is 9.25. The highest BCUT2D eigenvalue weighted by Gasteiger charge is 2.34. The third kappa shape index (κ3) is 6.83. The first-order chi connectivity index (χ1) is 18.2. The van der Waals surface area contributed by atoms with Gasteiger partial charge in [-0.15, -0.1) is 0 Å². The Balaban J connectivity index is 1.49. The molecule has 2 N–H and O–H groups in total. The van der Waals surface area contributed by atoms with Gasteiger partial charge in [-0.3, -0.25) is 4.79 Å². The van der Waals surface area contributed by atoms with Crippen LogP contribution in [0.25, 0.3) is 10.9 Å². The normalized spacial score (nSPS) is 17.9. The Morgan fingerprint density at radius 2 is 1.95 bits per heavy atom. The van der Waals surface area contributed by atoms with Crippen LogP contribution in [0.2, 0.25) is 0 Å². The number of amides is 1. The van der Waals surface area contributed by atoms with Crippen molar-refractivity contribution in [3.63, 3.8) is 0 Å². The van der Waals surface area contributed by atoms with E-state index in [1.807, 2.05) is 67.3 Å². The van der Waals surface area contributed by atoms with E-state index in [0.29, 0.717) is 31.8 Å². The molecule has 38 heavy (non-hydrogen) atoms. The minimum Gasteiger partial charge on any atom is -0.385 e. The second-order valence-electron chi connectivity index (χ2n) is 10.5. The Labute approximate surface area is 226 Å². The minimum atomic E-state index is -3.52. The van der Waals surface area contributed by atoms with E-state index in [2.05, 4.69) is 27.7 Å². The maximum atomic E-state index is 13.8. The summed E-state index contributed by atoms with van der Waals surface area (Å²) in [6, 6.07) is 14.8. The van der Waals surface area contributed by atoms with Crippen LogP contribution in [0.15, 0.2) is 54.7 Å². The van der Waals surface area contributed by atoms with Crippen molar-refractivity contribution in [3.8, 4) is 0 Å². The molecule has 2 atom stereocenters. The Morgan fingerprint density at radius 3 is 2.66 bits per heavy atom. The number of methoxy groups -OCH3 is 1. The van der Waals surface area contributed by atoms with Gasteiger partial charge in [0.15, 0.2) is 0 Å². The van der Waals surface area contributed by atoms with Crippen molar-refractivity contribution < 1.29 is 17.9 Å². The molecule has 3 aromatic rings. The highest BCUT2D eigenvalue weighted by molar-refractivity contribution is 7.88. The van der Waals surface area contributed by atoms with Crippen LogP contribution in [-0.4, -0.2) is 69.2 Å². The molecule has 1 saturated heterocycles. The zero-order valence-corrected chi connectivity index (χ0v) is 23.6. The van der Waals surface area contributed by atoms with Crippen LogP contribution in [0.4, 0.5) is 0 Å². The van der Waals surface area contributed by atoms with Gasteiger partial charge < -0.3 is 19.5 Å². The molecular formula is C29H40N4O4S. The number of aryl methyl sites for hydroxylation is 2. The molecule has 4 rings (SSSR count). The number of carbonyl (C=O) groups is 1. The molecule has 0 radical (unpaired) electrons. The number of hydrogen-bond donors (Lipinski definition) is 2. The summed E-state index contributed by atoms with van der Waals surface area (Å²) in [6.45, 7) is 9.26. The van der Waals surface area contributed by atoms with Crippen LogP contribution in [0.1, 0.15) is 41.8 Å². The van der Waals surface area contributed by atoms with Crippen LogP contribution in [0.3, 0.4) is 0 Å². The molecule has 1 aliphatic heterocycles. The predicted octanol–water partition coefficient (Wildman–Crippen LogP) is 3.54. The molecule has 1 fully saturated rings. The zero-order valence-electron chi connectivity index (χ0n) is 22.8. The van der Waals surface area contributed by atoms with Gasteiger partial charge in [0.2, 0.25) is 10.0 Å². The zero-order chi connectivity index (χ0) is 27.3. The summed E-state index contributed by atoms with van der Waals surface area (Å²) in [5, 5.41) is 4.45. The van der Waals surface area contributed by atoms with Crippen LogP contribution < -0.4 is 10.0 Å². The van der Waals surface area contributed by atoms with Gasteiger partial charge in [-0.05, 0) is 50.5 Å². The summed E-state index contributed by atoms with van der Waals surface area (Å²) in [5.41, 5.74) is 3.62. The number of aromatic nitrogens is 1. The SMILES string of the molecule is COCCCn1cc(C)c2ccc(C(=O)N(CC3CNCC3NS(=O)(=O)Cc3ccccc3)C(C)C)cc21. The Bertz CT molecular complexity index is 1340. The molecule has 0 bridgehead atoms. The van der Waals surface area contributed by atoms with Crippen molar-refractivity contribution >= 4 is 26.8 Å². The fraction of sp³-hybridized carbons (Fsp3) is 0.483. The first kappa shape index (κ1) is 28.3. The van der Waals surface area contributed by atoms with Crippen molar-refractivity contribution in [1.29, 1.82) is 0 Å². The first-order valence-electron chi connectivity index (χ1n) is 13.3. The molecule has 2 heterocycles. The number of nitrogens with one attached hydrogen (secondary N) is 2. The molecule has 0 saturated carbocycles. The smallest absolute Gasteiger partial charge is 0.254 e. The van der Waals surface area contributed by atoms with Crippen LogP contribution >= 0.6 is 0 Å². The number of ether oxygens (including phenoxy) is 1. The van der Waals surface area contributed by atoms with E-state index in [0.717, 1.165) is 29.4 Å². The van der Waals surface area contributed by atoms with Crippen molar-refractivity contribution in [2.75, 3.05) is 33.4 Å². The third-order valence-electron chi connectivity index (χ3n) is 7.26. The summed E-state index contributed by atoms with van der Waals surface area (Å²) >= 11 is 0. The number of fused-ring (bicyclic) bond motifs is 1. The summed E-state index contributed by atoms with van der Waals surface area (Å²) in [6.07, 6.45) is 3.03. The van der Waals surface area contributed by atoms with E-state index in [-0.39, 0.29) is 29.7 Å². The lowest BCUT2D eigenvalue weighted by Gasteiger charge is -2.31. The van der Waals surface area contributed by atoms with E-state index in [1.54, 1.807) is 7.11 Å². The number of nitrogens with zero attached hydrogens (tertiary/aromatic N) is 2. The molecule has 206 valence electrons. The van der Waals surface area contributed by atoms with Crippen molar-refractivity contribution in [1.82, 2.24) is 19.5 Å². The fourth-order valence-electron chi connectivity index (χ4n) is 5.25. The van der Waals surface area contributed by atoms with Gasteiger partial charge in [-0.25, -0.2) is 13.1 Å². The van der Waals surface area contributed by atoms with Gasteiger partial charge in [-0.2, -0.15) is 0 Å². The number of hydrogen-bond acceptors (Lipinski definition) is 5. The van der Waals surface area contributed by atoms with Gasteiger partial charge in [0, 0.05) is 80.6 Å². The molecule has 2 aromatic carbocycles. The van der Waals surface area contributed by atoms with Crippen LogP contribution in [-0.2, 0) is 27.1 Å². The molecule has 0 aliphatic carbocycles. The monoisotopic (exact) mass is 540 g/mol. The maximum absolute atomic E-state index is 13.8. The second-order valence-corrected chi connectivity index (χ2v) is 12.3. The lowest BCUT2D eigenvalue weighted by molar-refractivity contribution is 0.0671. The molecular weight excluding hydrogens is 500 g/mol. The third-order valence-corrected chi connectivity index (χ3v) is 8.64. The number of sulfonamides is 1. The molecule has 8 nitrogen and oxygen atoms in total. The summed E-state index contributed by atoms with van der Waals surface area (Å²) in [7, 11) is -1.82. The molecule has 1 aliphatic rings.